The highest BCUT2D eigenvalue weighted by Crippen LogP contribution is 2.27. The van der Waals surface area contributed by atoms with Gasteiger partial charge in [-0.05, 0) is 43.0 Å². The van der Waals surface area contributed by atoms with E-state index in [-0.39, 0.29) is 23.1 Å². The Labute approximate surface area is 179 Å². The molecule has 2 aromatic rings. The van der Waals surface area contributed by atoms with Gasteiger partial charge in [0.2, 0.25) is 5.91 Å². The summed E-state index contributed by atoms with van der Waals surface area (Å²) in [4.78, 5) is 35.4. The number of hydrogen-bond donors (Lipinski definition) is 1. The predicted molar refractivity (Wildman–Crippen MR) is 120 cm³/mol. The molecule has 0 bridgehead atoms. The molecule has 162 valence electrons. The van der Waals surface area contributed by atoms with Gasteiger partial charge in [-0.15, -0.1) is 0 Å². The van der Waals surface area contributed by atoms with Crippen LogP contribution in [0, 0.1) is 5.92 Å². The van der Waals surface area contributed by atoms with Crippen LogP contribution in [-0.4, -0.2) is 77.8 Å². The molecule has 2 amide bonds. The molecule has 1 aromatic heterocycles. The van der Waals surface area contributed by atoms with Crippen molar-refractivity contribution in [2.45, 2.75) is 39.0 Å². The highest BCUT2D eigenvalue weighted by atomic mass is 16.2. The van der Waals surface area contributed by atoms with E-state index in [4.69, 9.17) is 0 Å². The number of likely N-dealkylation sites (N-methyl/N-ethyl adjacent to an activating group) is 1. The Bertz CT molecular complexity index is 926. The van der Waals surface area contributed by atoms with Gasteiger partial charge in [-0.3, -0.25) is 9.59 Å². The van der Waals surface area contributed by atoms with Crippen LogP contribution in [0.3, 0.4) is 0 Å². The molecule has 1 N–H and O–H groups in total. The van der Waals surface area contributed by atoms with Crippen LogP contribution >= 0.6 is 0 Å². The number of carbonyl (C=O) groups excluding carboxylic acids is 2. The molecule has 3 heterocycles. The number of nitrogens with one attached hydrogen (secondary N) is 1. The molecule has 1 aromatic carbocycles. The molecule has 0 spiro atoms. The second-order valence-corrected chi connectivity index (χ2v) is 9.93. The van der Waals surface area contributed by atoms with Crippen LogP contribution in [0.15, 0.2) is 24.3 Å². The molecule has 6 nitrogen and oxygen atoms in total. The van der Waals surface area contributed by atoms with Gasteiger partial charge in [0, 0.05) is 56.1 Å². The van der Waals surface area contributed by atoms with Crippen molar-refractivity contribution in [3.05, 3.63) is 35.5 Å². The first kappa shape index (κ1) is 20.9. The molecule has 0 atom stereocenters. The average molecular weight is 411 g/mol. The number of likely N-dealkylation sites (tertiary alicyclic amines) is 1. The number of carbonyl (C=O) groups is 2. The summed E-state index contributed by atoms with van der Waals surface area (Å²) < 4.78 is 0. The Morgan fingerprint density at radius 1 is 0.933 bits per heavy atom. The van der Waals surface area contributed by atoms with E-state index < -0.39 is 0 Å². The quantitative estimate of drug-likeness (QED) is 0.828. The zero-order chi connectivity index (χ0) is 21.5. The molecule has 6 heteroatoms. The molecule has 0 aliphatic carbocycles. The number of aromatic nitrogens is 1. The molecule has 2 aliphatic heterocycles. The largest absolute Gasteiger partial charge is 0.351 e. The van der Waals surface area contributed by atoms with Gasteiger partial charge in [0.1, 0.15) is 5.69 Å². The summed E-state index contributed by atoms with van der Waals surface area (Å²) in [5.74, 6) is 0.360. The summed E-state index contributed by atoms with van der Waals surface area (Å²) in [5, 5.41) is 1.06. The molecule has 0 unspecified atom stereocenters. The van der Waals surface area contributed by atoms with E-state index in [1.807, 2.05) is 15.9 Å². The molecule has 2 fully saturated rings. The molecule has 0 saturated carbocycles. The number of nitrogens with zero attached hydrogens (tertiary/aromatic N) is 3. The van der Waals surface area contributed by atoms with Crippen LogP contribution in [0.4, 0.5) is 0 Å². The number of piperidine rings is 1. The second-order valence-electron chi connectivity index (χ2n) is 9.93. The minimum absolute atomic E-state index is 0.0361. The Balaban J connectivity index is 1.39. The summed E-state index contributed by atoms with van der Waals surface area (Å²) in [6.07, 6.45) is 1.51. The molecular formula is C24H34N4O2. The van der Waals surface area contributed by atoms with Crippen LogP contribution in [0.1, 0.15) is 49.7 Å². The number of aromatic amines is 1. The van der Waals surface area contributed by atoms with E-state index in [1.165, 1.54) is 5.56 Å². The van der Waals surface area contributed by atoms with Gasteiger partial charge in [0.25, 0.3) is 5.91 Å². The van der Waals surface area contributed by atoms with Crippen molar-refractivity contribution in [1.82, 2.24) is 19.7 Å². The monoisotopic (exact) mass is 410 g/mol. The van der Waals surface area contributed by atoms with Gasteiger partial charge in [0.15, 0.2) is 0 Å². The topological polar surface area (TPSA) is 59.6 Å². The van der Waals surface area contributed by atoms with Crippen LogP contribution in [-0.2, 0) is 10.2 Å². The number of piperazine rings is 1. The average Bonchev–Trinajstić information content (AvgIpc) is 3.16. The van der Waals surface area contributed by atoms with Crippen molar-refractivity contribution in [3.8, 4) is 0 Å². The van der Waals surface area contributed by atoms with Gasteiger partial charge in [-0.25, -0.2) is 0 Å². The first-order valence-electron chi connectivity index (χ1n) is 11.1. The number of benzene rings is 1. The Kier molecular flexibility index (Phi) is 5.62. The van der Waals surface area contributed by atoms with Crippen LogP contribution in [0.2, 0.25) is 0 Å². The van der Waals surface area contributed by atoms with E-state index in [0.29, 0.717) is 18.8 Å². The van der Waals surface area contributed by atoms with E-state index in [2.05, 4.69) is 55.9 Å². The maximum atomic E-state index is 13.1. The third kappa shape index (κ3) is 4.24. The first-order valence-corrected chi connectivity index (χ1v) is 11.1. The fourth-order valence-electron chi connectivity index (χ4n) is 4.49. The maximum absolute atomic E-state index is 13.1. The van der Waals surface area contributed by atoms with Crippen molar-refractivity contribution in [1.29, 1.82) is 0 Å². The molecule has 30 heavy (non-hydrogen) atoms. The molecule has 2 aliphatic rings. The minimum Gasteiger partial charge on any atom is -0.351 e. The fourth-order valence-corrected chi connectivity index (χ4v) is 4.49. The molecular weight excluding hydrogens is 376 g/mol. The van der Waals surface area contributed by atoms with Crippen molar-refractivity contribution in [2.75, 3.05) is 46.3 Å². The van der Waals surface area contributed by atoms with Crippen LogP contribution in [0.25, 0.3) is 10.9 Å². The fraction of sp³-hybridized carbons (Fsp3) is 0.583. The maximum Gasteiger partial charge on any atom is 0.270 e. The minimum atomic E-state index is 0.0361. The number of rotatable bonds is 2. The second kappa shape index (κ2) is 8.06. The van der Waals surface area contributed by atoms with Gasteiger partial charge >= 0.3 is 0 Å². The summed E-state index contributed by atoms with van der Waals surface area (Å²) in [6, 6.07) is 8.32. The van der Waals surface area contributed by atoms with Gasteiger partial charge in [-0.1, -0.05) is 32.9 Å². The number of amides is 2. The highest BCUT2D eigenvalue weighted by Gasteiger charge is 2.32. The normalized spacial score (nSPS) is 19.5. The summed E-state index contributed by atoms with van der Waals surface area (Å²) in [6.45, 7) is 11.4. The van der Waals surface area contributed by atoms with Crippen molar-refractivity contribution >= 4 is 22.7 Å². The van der Waals surface area contributed by atoms with Crippen molar-refractivity contribution in [3.63, 3.8) is 0 Å². The van der Waals surface area contributed by atoms with Gasteiger partial charge in [0.05, 0.1) is 0 Å². The number of H-pyrrole nitrogens is 1. The lowest BCUT2D eigenvalue weighted by atomic mass is 9.87. The molecule has 0 radical (unpaired) electrons. The Morgan fingerprint density at radius 2 is 1.60 bits per heavy atom. The van der Waals surface area contributed by atoms with E-state index >= 15 is 0 Å². The summed E-state index contributed by atoms with van der Waals surface area (Å²) in [7, 11) is 2.10. The molecule has 4 rings (SSSR count). The summed E-state index contributed by atoms with van der Waals surface area (Å²) in [5.41, 5.74) is 2.96. The molecule has 2 saturated heterocycles. The number of hydrogen-bond acceptors (Lipinski definition) is 3. The highest BCUT2D eigenvalue weighted by molar-refractivity contribution is 5.98. The first-order chi connectivity index (χ1) is 14.2. The lowest BCUT2D eigenvalue weighted by molar-refractivity contribution is -0.138. The SMILES string of the molecule is CN1CCN(C(=O)C2CCN(C(=O)c3cc4ccc(C(C)(C)C)cc4[nH]3)CC2)CC1. The Hall–Kier alpha value is -2.34. The van der Waals surface area contributed by atoms with E-state index in [0.717, 1.165) is 49.9 Å². The van der Waals surface area contributed by atoms with Gasteiger partial charge < -0.3 is 19.7 Å². The van der Waals surface area contributed by atoms with Crippen molar-refractivity contribution in [2.24, 2.45) is 5.92 Å². The van der Waals surface area contributed by atoms with Crippen molar-refractivity contribution < 1.29 is 9.59 Å². The van der Waals surface area contributed by atoms with E-state index in [9.17, 15) is 9.59 Å². The lowest BCUT2D eigenvalue weighted by Gasteiger charge is -2.37. The Morgan fingerprint density at radius 3 is 2.23 bits per heavy atom. The van der Waals surface area contributed by atoms with Crippen LogP contribution in [0.5, 0.6) is 0 Å². The number of fused-ring (bicyclic) bond motifs is 1. The predicted octanol–water partition coefficient (Wildman–Crippen LogP) is 3.09. The smallest absolute Gasteiger partial charge is 0.270 e. The lowest BCUT2D eigenvalue weighted by Crippen LogP contribution is -2.51. The third-order valence-electron chi connectivity index (χ3n) is 6.67. The van der Waals surface area contributed by atoms with Crippen LogP contribution < -0.4 is 0 Å². The van der Waals surface area contributed by atoms with Gasteiger partial charge in [-0.2, -0.15) is 0 Å². The zero-order valence-corrected chi connectivity index (χ0v) is 18.7. The summed E-state index contributed by atoms with van der Waals surface area (Å²) >= 11 is 0. The van der Waals surface area contributed by atoms with E-state index in [1.54, 1.807) is 0 Å². The standard InChI is InChI=1S/C24H34N4O2/c1-24(2,3)19-6-5-18-15-21(25-20(18)16-19)23(30)27-9-7-17(8-10-27)22(29)28-13-11-26(4)12-14-28/h5-6,15-17,25H,7-14H2,1-4H3. The zero-order valence-electron chi connectivity index (χ0n) is 18.7. The third-order valence-corrected chi connectivity index (χ3v) is 6.67.